The van der Waals surface area contributed by atoms with Gasteiger partial charge in [-0.25, -0.2) is 4.98 Å². The lowest BCUT2D eigenvalue weighted by molar-refractivity contribution is -0.117. The van der Waals surface area contributed by atoms with Crippen LogP contribution in [0.4, 0.5) is 5.13 Å². The molecule has 108 valence electrons. The number of carbonyl (C=O) groups is 1. The van der Waals surface area contributed by atoms with E-state index in [1.54, 1.807) is 7.11 Å². The van der Waals surface area contributed by atoms with E-state index in [2.05, 4.69) is 15.6 Å². The van der Waals surface area contributed by atoms with Crippen molar-refractivity contribution in [2.75, 3.05) is 19.0 Å². The van der Waals surface area contributed by atoms with E-state index in [9.17, 15) is 4.79 Å². The standard InChI is InChI=1S/C13H15N3O2S.ClH/c1-18-8-4-5-9-11(7-8)19-13(15-9)16-12(17)10-3-2-6-14-10;/h4-5,7,10,14H,2-3,6H2,1H3,(H,15,16,17);1H/t10-;/m0./s1. The molecule has 2 aromatic rings. The Morgan fingerprint density at radius 1 is 1.55 bits per heavy atom. The molecule has 1 aliphatic heterocycles. The first kappa shape index (κ1) is 15.0. The number of hydrogen-bond acceptors (Lipinski definition) is 5. The molecule has 0 aliphatic carbocycles. The number of nitrogens with one attached hydrogen (secondary N) is 2. The summed E-state index contributed by atoms with van der Waals surface area (Å²) in [5, 5.41) is 6.69. The Morgan fingerprint density at radius 3 is 3.10 bits per heavy atom. The summed E-state index contributed by atoms with van der Waals surface area (Å²) in [6, 6.07) is 5.61. The van der Waals surface area contributed by atoms with Crippen molar-refractivity contribution in [3.05, 3.63) is 18.2 Å². The molecule has 20 heavy (non-hydrogen) atoms. The van der Waals surface area contributed by atoms with Crippen LogP contribution >= 0.6 is 23.7 Å². The van der Waals surface area contributed by atoms with Gasteiger partial charge in [-0.3, -0.25) is 4.79 Å². The summed E-state index contributed by atoms with van der Waals surface area (Å²) in [4.78, 5) is 16.4. The number of nitrogens with zero attached hydrogens (tertiary/aromatic N) is 1. The number of amides is 1. The molecule has 1 aliphatic rings. The molecule has 1 atom stereocenters. The third-order valence-corrected chi connectivity index (χ3v) is 4.14. The third-order valence-electron chi connectivity index (χ3n) is 3.20. The average molecular weight is 314 g/mol. The summed E-state index contributed by atoms with van der Waals surface area (Å²) in [6.07, 6.45) is 1.94. The van der Waals surface area contributed by atoms with E-state index in [0.717, 1.165) is 35.4 Å². The number of halogens is 1. The number of ether oxygens (including phenoxy) is 1. The Morgan fingerprint density at radius 2 is 2.40 bits per heavy atom. The first-order valence-corrected chi connectivity index (χ1v) is 7.07. The van der Waals surface area contributed by atoms with Crippen LogP contribution in [0.3, 0.4) is 0 Å². The predicted molar refractivity (Wildman–Crippen MR) is 83.1 cm³/mol. The van der Waals surface area contributed by atoms with E-state index in [0.29, 0.717) is 5.13 Å². The fourth-order valence-electron chi connectivity index (χ4n) is 2.19. The van der Waals surface area contributed by atoms with E-state index in [1.807, 2.05) is 18.2 Å². The van der Waals surface area contributed by atoms with E-state index in [4.69, 9.17) is 4.74 Å². The molecule has 3 rings (SSSR count). The summed E-state index contributed by atoms with van der Waals surface area (Å²) < 4.78 is 6.18. The molecule has 5 nitrogen and oxygen atoms in total. The van der Waals surface area contributed by atoms with E-state index >= 15 is 0 Å². The Kier molecular flexibility index (Phi) is 4.80. The van der Waals surface area contributed by atoms with Gasteiger partial charge in [-0.1, -0.05) is 11.3 Å². The number of aromatic nitrogens is 1. The largest absolute Gasteiger partial charge is 0.497 e. The maximum absolute atomic E-state index is 12.0. The molecule has 2 N–H and O–H groups in total. The summed E-state index contributed by atoms with van der Waals surface area (Å²) in [5.41, 5.74) is 0.875. The first-order valence-electron chi connectivity index (χ1n) is 6.25. The third kappa shape index (κ3) is 3.03. The van der Waals surface area contributed by atoms with Crippen LogP contribution in [0.1, 0.15) is 12.8 Å². The minimum atomic E-state index is -0.0819. The van der Waals surface area contributed by atoms with Crippen molar-refractivity contribution in [3.63, 3.8) is 0 Å². The monoisotopic (exact) mass is 313 g/mol. The van der Waals surface area contributed by atoms with Crippen molar-refractivity contribution < 1.29 is 9.53 Å². The number of methoxy groups -OCH3 is 1. The SMILES string of the molecule is COc1ccc2nc(NC(=O)[C@@H]3CCCN3)sc2c1.Cl. The summed E-state index contributed by atoms with van der Waals surface area (Å²) >= 11 is 1.46. The van der Waals surface area contributed by atoms with Gasteiger partial charge in [-0.05, 0) is 37.6 Å². The van der Waals surface area contributed by atoms with Gasteiger partial charge in [0.15, 0.2) is 5.13 Å². The molecule has 1 fully saturated rings. The van der Waals surface area contributed by atoms with Gasteiger partial charge >= 0.3 is 0 Å². The van der Waals surface area contributed by atoms with Gasteiger partial charge in [0.2, 0.25) is 5.91 Å². The molecule has 0 radical (unpaired) electrons. The number of benzene rings is 1. The van der Waals surface area contributed by atoms with Crippen LogP contribution in [0, 0.1) is 0 Å². The van der Waals surface area contributed by atoms with Gasteiger partial charge in [0.25, 0.3) is 0 Å². The minimum Gasteiger partial charge on any atom is -0.497 e. The van der Waals surface area contributed by atoms with Crippen molar-refractivity contribution >= 4 is 45.0 Å². The molecular formula is C13H16ClN3O2S. The Balaban J connectivity index is 0.00000147. The second-order valence-corrected chi connectivity index (χ2v) is 5.52. The Bertz CT molecular complexity index is 611. The van der Waals surface area contributed by atoms with Gasteiger partial charge in [0.05, 0.1) is 23.4 Å². The molecule has 0 spiro atoms. The van der Waals surface area contributed by atoms with Crippen molar-refractivity contribution in [2.45, 2.75) is 18.9 Å². The number of thiazole rings is 1. The number of anilines is 1. The lowest BCUT2D eigenvalue weighted by Crippen LogP contribution is -2.35. The number of carbonyl (C=O) groups excluding carboxylic acids is 1. The number of fused-ring (bicyclic) bond motifs is 1. The molecule has 0 saturated carbocycles. The highest BCUT2D eigenvalue weighted by Gasteiger charge is 2.22. The highest BCUT2D eigenvalue weighted by atomic mass is 35.5. The van der Waals surface area contributed by atoms with Crippen molar-refractivity contribution in [2.24, 2.45) is 0 Å². The highest BCUT2D eigenvalue weighted by Crippen LogP contribution is 2.29. The second-order valence-electron chi connectivity index (χ2n) is 4.49. The fourth-order valence-corrected chi connectivity index (χ4v) is 3.08. The van der Waals surface area contributed by atoms with Gasteiger partial charge in [0, 0.05) is 0 Å². The van der Waals surface area contributed by atoms with Crippen LogP contribution in [-0.2, 0) is 4.79 Å². The van der Waals surface area contributed by atoms with Gasteiger partial charge in [-0.2, -0.15) is 0 Å². The molecule has 1 saturated heterocycles. The topological polar surface area (TPSA) is 63.2 Å². The molecule has 1 aromatic carbocycles. The van der Waals surface area contributed by atoms with E-state index in [-0.39, 0.29) is 24.4 Å². The fraction of sp³-hybridized carbons (Fsp3) is 0.385. The molecule has 0 bridgehead atoms. The second kappa shape index (κ2) is 6.39. The lowest BCUT2D eigenvalue weighted by atomic mass is 10.2. The molecule has 2 heterocycles. The zero-order valence-electron chi connectivity index (χ0n) is 11.0. The van der Waals surface area contributed by atoms with E-state index in [1.165, 1.54) is 11.3 Å². The molecule has 7 heteroatoms. The smallest absolute Gasteiger partial charge is 0.243 e. The maximum Gasteiger partial charge on any atom is 0.243 e. The predicted octanol–water partition coefficient (Wildman–Crippen LogP) is 2.42. The van der Waals surface area contributed by atoms with Gasteiger partial charge in [-0.15, -0.1) is 12.4 Å². The summed E-state index contributed by atoms with van der Waals surface area (Å²) in [7, 11) is 1.64. The number of hydrogen-bond donors (Lipinski definition) is 2. The van der Waals surface area contributed by atoms with E-state index < -0.39 is 0 Å². The zero-order valence-corrected chi connectivity index (χ0v) is 12.6. The number of rotatable bonds is 3. The first-order chi connectivity index (χ1) is 9.26. The van der Waals surface area contributed by atoms with Crippen LogP contribution in [0.25, 0.3) is 10.2 Å². The zero-order chi connectivity index (χ0) is 13.2. The minimum absolute atomic E-state index is 0. The Hall–Kier alpha value is -1.37. The maximum atomic E-state index is 12.0. The molecule has 1 aromatic heterocycles. The van der Waals surface area contributed by atoms with Gasteiger partial charge < -0.3 is 15.4 Å². The molecular weight excluding hydrogens is 298 g/mol. The van der Waals surface area contributed by atoms with Crippen LogP contribution < -0.4 is 15.4 Å². The quantitative estimate of drug-likeness (QED) is 0.913. The molecule has 0 unspecified atom stereocenters. The van der Waals surface area contributed by atoms with Crippen LogP contribution in [0.5, 0.6) is 5.75 Å². The Labute approximate surface area is 127 Å². The molecule has 1 amide bonds. The highest BCUT2D eigenvalue weighted by molar-refractivity contribution is 7.22. The average Bonchev–Trinajstić information content (AvgIpc) is 3.06. The van der Waals surface area contributed by atoms with Crippen molar-refractivity contribution in [1.29, 1.82) is 0 Å². The lowest BCUT2D eigenvalue weighted by Gasteiger charge is -2.08. The van der Waals surface area contributed by atoms with Crippen LogP contribution in [0.2, 0.25) is 0 Å². The van der Waals surface area contributed by atoms with Crippen molar-refractivity contribution in [1.82, 2.24) is 10.3 Å². The van der Waals surface area contributed by atoms with Crippen LogP contribution in [0.15, 0.2) is 18.2 Å². The summed E-state index contributed by atoms with van der Waals surface area (Å²) in [5.74, 6) is 0.801. The van der Waals surface area contributed by atoms with Gasteiger partial charge in [0.1, 0.15) is 5.75 Å². The van der Waals surface area contributed by atoms with Crippen LogP contribution in [-0.4, -0.2) is 30.6 Å². The van der Waals surface area contributed by atoms with Crippen molar-refractivity contribution in [3.8, 4) is 5.75 Å². The normalized spacial score (nSPS) is 17.8. The summed E-state index contributed by atoms with van der Waals surface area (Å²) in [6.45, 7) is 0.912.